The minimum Gasteiger partial charge on any atom is -0.383 e. The van der Waals surface area contributed by atoms with Gasteiger partial charge in [0, 0.05) is 44.5 Å². The third kappa shape index (κ3) is 4.60. The zero-order valence-corrected chi connectivity index (χ0v) is 12.7. The number of methoxy groups -OCH3 is 1. The molecular weight excluding hydrogens is 240 g/mol. The Bertz CT molecular complexity index is 351. The number of hydrogen-bond donors (Lipinski definition) is 1. The van der Waals surface area contributed by atoms with Crippen LogP contribution >= 0.6 is 0 Å². The average Bonchev–Trinajstić information content (AvgIpc) is 2.83. The molecule has 1 unspecified atom stereocenters. The van der Waals surface area contributed by atoms with E-state index in [1.54, 1.807) is 7.11 Å². The third-order valence-electron chi connectivity index (χ3n) is 3.33. The van der Waals surface area contributed by atoms with Crippen molar-refractivity contribution in [1.29, 1.82) is 0 Å². The number of hydrogen-bond acceptors (Lipinski definition) is 4. The standard InChI is InChI=1S/C14H28N4O/c1-5-6-17-11-13(10-16-17)14(9-15)18(12(2)3)7-8-19-4/h10-12,14H,5-9,15H2,1-4H3. The van der Waals surface area contributed by atoms with E-state index in [9.17, 15) is 0 Å². The third-order valence-corrected chi connectivity index (χ3v) is 3.33. The largest absolute Gasteiger partial charge is 0.383 e. The molecule has 0 aliphatic heterocycles. The van der Waals surface area contributed by atoms with Crippen molar-refractivity contribution in [2.45, 2.75) is 45.8 Å². The van der Waals surface area contributed by atoms with Gasteiger partial charge in [-0.2, -0.15) is 5.10 Å². The lowest BCUT2D eigenvalue weighted by Crippen LogP contribution is -2.40. The van der Waals surface area contributed by atoms with Crippen LogP contribution < -0.4 is 5.73 Å². The predicted octanol–water partition coefficient (Wildman–Crippen LogP) is 1.65. The Balaban J connectivity index is 2.81. The van der Waals surface area contributed by atoms with E-state index < -0.39 is 0 Å². The first kappa shape index (κ1) is 16.1. The van der Waals surface area contributed by atoms with Crippen LogP contribution in [0.2, 0.25) is 0 Å². The molecule has 2 N–H and O–H groups in total. The van der Waals surface area contributed by atoms with E-state index in [0.717, 1.165) is 26.1 Å². The number of aryl methyl sites for hydroxylation is 1. The summed E-state index contributed by atoms with van der Waals surface area (Å²) < 4.78 is 7.19. The lowest BCUT2D eigenvalue weighted by atomic mass is 10.1. The monoisotopic (exact) mass is 268 g/mol. The summed E-state index contributed by atoms with van der Waals surface area (Å²) in [7, 11) is 1.73. The lowest BCUT2D eigenvalue weighted by molar-refractivity contribution is 0.0979. The van der Waals surface area contributed by atoms with E-state index in [1.807, 2.05) is 10.9 Å². The van der Waals surface area contributed by atoms with Crippen molar-refractivity contribution in [2.24, 2.45) is 5.73 Å². The molecule has 0 aromatic carbocycles. The van der Waals surface area contributed by atoms with E-state index in [0.29, 0.717) is 12.6 Å². The molecule has 0 radical (unpaired) electrons. The molecule has 19 heavy (non-hydrogen) atoms. The fourth-order valence-corrected chi connectivity index (χ4v) is 2.34. The summed E-state index contributed by atoms with van der Waals surface area (Å²) in [6, 6.07) is 0.638. The van der Waals surface area contributed by atoms with E-state index in [1.165, 1.54) is 5.56 Å². The number of rotatable bonds is 9. The molecule has 1 aromatic rings. The second kappa shape index (κ2) is 8.30. The fraction of sp³-hybridized carbons (Fsp3) is 0.786. The van der Waals surface area contributed by atoms with Crippen LogP contribution in [-0.2, 0) is 11.3 Å². The van der Waals surface area contributed by atoms with E-state index >= 15 is 0 Å². The Kier molecular flexibility index (Phi) is 7.05. The van der Waals surface area contributed by atoms with Gasteiger partial charge in [-0.1, -0.05) is 6.92 Å². The van der Waals surface area contributed by atoms with Gasteiger partial charge >= 0.3 is 0 Å². The Hall–Kier alpha value is -0.910. The van der Waals surface area contributed by atoms with Gasteiger partial charge < -0.3 is 10.5 Å². The summed E-state index contributed by atoms with van der Waals surface area (Å²) in [6.45, 7) is 9.69. The first-order chi connectivity index (χ1) is 9.13. The van der Waals surface area contributed by atoms with Gasteiger partial charge in [-0.15, -0.1) is 0 Å². The molecular formula is C14H28N4O. The van der Waals surface area contributed by atoms with Crippen molar-refractivity contribution < 1.29 is 4.74 Å². The van der Waals surface area contributed by atoms with Gasteiger partial charge in [-0.05, 0) is 20.3 Å². The molecule has 0 spiro atoms. The molecule has 1 atom stereocenters. The smallest absolute Gasteiger partial charge is 0.0590 e. The summed E-state index contributed by atoms with van der Waals surface area (Å²) in [4.78, 5) is 2.37. The van der Waals surface area contributed by atoms with Gasteiger partial charge in [0.15, 0.2) is 0 Å². The Morgan fingerprint density at radius 3 is 2.74 bits per heavy atom. The highest BCUT2D eigenvalue weighted by Crippen LogP contribution is 2.21. The van der Waals surface area contributed by atoms with Crippen LogP contribution in [0.25, 0.3) is 0 Å². The molecule has 0 aliphatic carbocycles. The molecule has 1 aromatic heterocycles. The highest BCUT2D eigenvalue weighted by Gasteiger charge is 2.22. The minimum atomic E-state index is 0.209. The van der Waals surface area contributed by atoms with Crippen LogP contribution in [0.4, 0.5) is 0 Å². The molecule has 1 heterocycles. The summed E-state index contributed by atoms with van der Waals surface area (Å²) in [5.41, 5.74) is 7.17. The molecule has 5 heteroatoms. The van der Waals surface area contributed by atoms with Crippen molar-refractivity contribution in [1.82, 2.24) is 14.7 Å². The number of ether oxygens (including phenoxy) is 1. The van der Waals surface area contributed by atoms with Crippen LogP contribution in [0.5, 0.6) is 0 Å². The topological polar surface area (TPSA) is 56.3 Å². The van der Waals surface area contributed by atoms with Crippen molar-refractivity contribution in [3.8, 4) is 0 Å². The second-order valence-electron chi connectivity index (χ2n) is 5.11. The van der Waals surface area contributed by atoms with E-state index in [-0.39, 0.29) is 6.04 Å². The van der Waals surface area contributed by atoms with Crippen LogP contribution in [0.1, 0.15) is 38.8 Å². The molecule has 5 nitrogen and oxygen atoms in total. The Morgan fingerprint density at radius 2 is 2.21 bits per heavy atom. The van der Waals surface area contributed by atoms with Gasteiger partial charge in [0.25, 0.3) is 0 Å². The van der Waals surface area contributed by atoms with Gasteiger partial charge in [0.2, 0.25) is 0 Å². The first-order valence-corrected chi connectivity index (χ1v) is 7.11. The van der Waals surface area contributed by atoms with Gasteiger partial charge in [0.05, 0.1) is 18.8 Å². The quantitative estimate of drug-likeness (QED) is 0.740. The predicted molar refractivity (Wildman–Crippen MR) is 78.0 cm³/mol. The highest BCUT2D eigenvalue weighted by molar-refractivity contribution is 5.11. The van der Waals surface area contributed by atoms with Crippen molar-refractivity contribution >= 4 is 0 Å². The summed E-state index contributed by atoms with van der Waals surface area (Å²) in [6.07, 6.45) is 5.14. The highest BCUT2D eigenvalue weighted by atomic mass is 16.5. The maximum Gasteiger partial charge on any atom is 0.0590 e. The van der Waals surface area contributed by atoms with Gasteiger partial charge in [-0.3, -0.25) is 9.58 Å². The van der Waals surface area contributed by atoms with Crippen molar-refractivity contribution in [3.05, 3.63) is 18.0 Å². The maximum absolute atomic E-state index is 5.98. The Morgan fingerprint density at radius 1 is 1.47 bits per heavy atom. The van der Waals surface area contributed by atoms with Gasteiger partial charge in [-0.25, -0.2) is 0 Å². The minimum absolute atomic E-state index is 0.209. The molecule has 110 valence electrons. The zero-order valence-electron chi connectivity index (χ0n) is 12.7. The normalized spacial score (nSPS) is 13.4. The summed E-state index contributed by atoms with van der Waals surface area (Å²) >= 11 is 0. The lowest BCUT2D eigenvalue weighted by Gasteiger charge is -2.33. The fourth-order valence-electron chi connectivity index (χ4n) is 2.34. The molecule has 0 amide bonds. The van der Waals surface area contributed by atoms with E-state index in [4.69, 9.17) is 10.5 Å². The molecule has 0 fully saturated rings. The van der Waals surface area contributed by atoms with Crippen molar-refractivity contribution in [3.63, 3.8) is 0 Å². The second-order valence-corrected chi connectivity index (χ2v) is 5.11. The van der Waals surface area contributed by atoms with Crippen LogP contribution in [0, 0.1) is 0 Å². The molecule has 0 bridgehead atoms. The molecule has 1 rings (SSSR count). The van der Waals surface area contributed by atoms with Crippen LogP contribution in [0.3, 0.4) is 0 Å². The number of aromatic nitrogens is 2. The average molecular weight is 268 g/mol. The first-order valence-electron chi connectivity index (χ1n) is 7.11. The van der Waals surface area contributed by atoms with Gasteiger partial charge in [0.1, 0.15) is 0 Å². The molecule has 0 saturated heterocycles. The van der Waals surface area contributed by atoms with E-state index in [2.05, 4.69) is 37.0 Å². The Labute approximate surface area is 116 Å². The SMILES string of the molecule is CCCn1cc(C(CN)N(CCOC)C(C)C)cn1. The zero-order chi connectivity index (χ0) is 14.3. The maximum atomic E-state index is 5.98. The molecule has 0 aliphatic rings. The van der Waals surface area contributed by atoms with Crippen LogP contribution in [-0.4, -0.2) is 47.5 Å². The van der Waals surface area contributed by atoms with Crippen molar-refractivity contribution in [2.75, 3.05) is 26.8 Å². The molecule has 0 saturated carbocycles. The number of nitrogens with zero attached hydrogens (tertiary/aromatic N) is 3. The van der Waals surface area contributed by atoms with Crippen LogP contribution in [0.15, 0.2) is 12.4 Å². The summed E-state index contributed by atoms with van der Waals surface area (Å²) in [5, 5.41) is 4.40. The number of nitrogens with two attached hydrogens (primary N) is 1. The summed E-state index contributed by atoms with van der Waals surface area (Å²) in [5.74, 6) is 0.